The smallest absolute Gasteiger partial charge is 0.238 e. The summed E-state index contributed by atoms with van der Waals surface area (Å²) in [6, 6.07) is 8.24. The Kier molecular flexibility index (Phi) is 9.24. The molecule has 0 saturated heterocycles. The fraction of sp³-hybridized carbons (Fsp3) is 0.368. The molecule has 0 aliphatic rings. The molecule has 0 atom stereocenters. The topological polar surface area (TPSA) is 144 Å². The van der Waals surface area contributed by atoms with Gasteiger partial charge in [0, 0.05) is 31.6 Å². The molecule has 1 aromatic carbocycles. The van der Waals surface area contributed by atoms with Gasteiger partial charge in [-0.05, 0) is 56.2 Å². The Hall–Kier alpha value is -2.67. The third-order valence-electron chi connectivity index (χ3n) is 3.96. The van der Waals surface area contributed by atoms with Crippen LogP contribution in [0.25, 0.3) is 0 Å². The molecule has 0 fully saturated rings. The monoisotopic (exact) mass is 465 g/mol. The predicted molar refractivity (Wildman–Crippen MR) is 125 cm³/mol. The molecule has 31 heavy (non-hydrogen) atoms. The number of nitrogens with two attached hydrogens (primary N) is 1. The van der Waals surface area contributed by atoms with Crippen LogP contribution in [0.3, 0.4) is 0 Å². The number of hydrogen-bond acceptors (Lipinski definition) is 7. The van der Waals surface area contributed by atoms with E-state index < -0.39 is 10.0 Å². The maximum Gasteiger partial charge on any atom is 0.238 e. The number of hydrogen-bond donors (Lipinski definition) is 4. The van der Waals surface area contributed by atoms with Gasteiger partial charge in [-0.2, -0.15) is 0 Å². The lowest BCUT2D eigenvalue weighted by atomic mass is 10.1. The Morgan fingerprint density at radius 2 is 1.84 bits per heavy atom. The van der Waals surface area contributed by atoms with Gasteiger partial charge in [-0.25, -0.2) is 23.5 Å². The molecule has 2 aromatic rings. The van der Waals surface area contributed by atoms with E-state index in [1.165, 1.54) is 12.1 Å². The zero-order chi connectivity index (χ0) is 22.9. The summed E-state index contributed by atoms with van der Waals surface area (Å²) in [5.41, 5.74) is 2.56. The maximum atomic E-state index is 11.4. The Labute approximate surface area is 187 Å². The maximum absolute atomic E-state index is 11.4. The van der Waals surface area contributed by atoms with E-state index in [-0.39, 0.29) is 4.90 Å². The standard InChI is InChI=1S/C19H27N7O3S2/c1-13-12-14(2)24-18(23-13)25-17(26-19(30)22-10-11-29-3)21-9-8-15-4-6-16(7-5-15)31(20,27)28/h4-7,12H,8-11H2,1-3H3,(H2,20,27,28)(H3,21,22,23,24,25,26,30). The lowest BCUT2D eigenvalue weighted by Gasteiger charge is -2.14. The van der Waals surface area contributed by atoms with Crippen LogP contribution in [0.15, 0.2) is 40.2 Å². The number of ether oxygens (including phenoxy) is 1. The molecule has 1 aromatic heterocycles. The van der Waals surface area contributed by atoms with E-state index >= 15 is 0 Å². The van der Waals surface area contributed by atoms with Crippen LogP contribution in [0.4, 0.5) is 5.95 Å². The summed E-state index contributed by atoms with van der Waals surface area (Å²) in [6.07, 6.45) is 0.579. The third kappa shape index (κ3) is 8.92. The molecule has 0 aliphatic carbocycles. The first-order valence-corrected chi connectivity index (χ1v) is 11.4. The van der Waals surface area contributed by atoms with Crippen LogP contribution in [0.2, 0.25) is 0 Å². The summed E-state index contributed by atoms with van der Waals surface area (Å²) < 4.78 is 27.7. The number of benzene rings is 1. The minimum Gasteiger partial charge on any atom is -0.383 e. The van der Waals surface area contributed by atoms with E-state index in [9.17, 15) is 8.42 Å². The van der Waals surface area contributed by atoms with Gasteiger partial charge in [-0.3, -0.25) is 10.3 Å². The van der Waals surface area contributed by atoms with E-state index in [1.807, 2.05) is 19.9 Å². The Morgan fingerprint density at radius 1 is 1.19 bits per heavy atom. The number of aromatic nitrogens is 2. The second kappa shape index (κ2) is 11.6. The lowest BCUT2D eigenvalue weighted by molar-refractivity contribution is 0.204. The molecule has 0 unspecified atom stereocenters. The van der Waals surface area contributed by atoms with E-state index in [2.05, 4.69) is 30.9 Å². The number of primary sulfonamides is 1. The van der Waals surface area contributed by atoms with E-state index in [0.29, 0.717) is 43.1 Å². The molecule has 0 bridgehead atoms. The zero-order valence-corrected chi connectivity index (χ0v) is 19.3. The third-order valence-corrected chi connectivity index (χ3v) is 5.13. The van der Waals surface area contributed by atoms with Crippen molar-refractivity contribution in [2.24, 2.45) is 10.1 Å². The second-order valence-electron chi connectivity index (χ2n) is 6.64. The number of nitrogens with one attached hydrogen (secondary N) is 3. The summed E-state index contributed by atoms with van der Waals surface area (Å²) in [7, 11) is -2.10. The molecule has 0 aliphatic heterocycles. The van der Waals surface area contributed by atoms with Crippen molar-refractivity contribution in [3.8, 4) is 0 Å². The van der Waals surface area contributed by atoms with Crippen LogP contribution in [-0.2, 0) is 21.2 Å². The van der Waals surface area contributed by atoms with Crippen molar-refractivity contribution in [2.45, 2.75) is 25.2 Å². The second-order valence-corrected chi connectivity index (χ2v) is 8.61. The fourth-order valence-corrected chi connectivity index (χ4v) is 3.27. The van der Waals surface area contributed by atoms with E-state index in [0.717, 1.165) is 17.0 Å². The lowest BCUT2D eigenvalue weighted by Crippen LogP contribution is -2.43. The van der Waals surface area contributed by atoms with Crippen molar-refractivity contribution in [1.82, 2.24) is 20.6 Å². The van der Waals surface area contributed by atoms with Crippen LogP contribution < -0.4 is 21.1 Å². The summed E-state index contributed by atoms with van der Waals surface area (Å²) in [6.45, 7) is 5.23. The first-order chi connectivity index (χ1) is 14.7. The van der Waals surface area contributed by atoms with Gasteiger partial charge in [0.2, 0.25) is 21.9 Å². The van der Waals surface area contributed by atoms with Crippen molar-refractivity contribution < 1.29 is 13.2 Å². The molecule has 12 heteroatoms. The van der Waals surface area contributed by atoms with Gasteiger partial charge in [-0.15, -0.1) is 0 Å². The molecule has 10 nitrogen and oxygen atoms in total. The minimum absolute atomic E-state index is 0.0724. The highest BCUT2D eigenvalue weighted by Crippen LogP contribution is 2.09. The highest BCUT2D eigenvalue weighted by molar-refractivity contribution is 7.89. The zero-order valence-electron chi connectivity index (χ0n) is 17.7. The molecular formula is C19H27N7O3S2. The van der Waals surface area contributed by atoms with Crippen LogP contribution >= 0.6 is 12.2 Å². The van der Waals surface area contributed by atoms with Gasteiger partial charge in [0.25, 0.3) is 0 Å². The van der Waals surface area contributed by atoms with Crippen LogP contribution in [-0.4, -0.2) is 56.3 Å². The Balaban J connectivity index is 2.08. The molecule has 0 radical (unpaired) electrons. The summed E-state index contributed by atoms with van der Waals surface area (Å²) >= 11 is 5.30. The van der Waals surface area contributed by atoms with Crippen molar-refractivity contribution in [3.63, 3.8) is 0 Å². The van der Waals surface area contributed by atoms with Gasteiger partial charge in [0.05, 0.1) is 11.5 Å². The van der Waals surface area contributed by atoms with Gasteiger partial charge < -0.3 is 15.4 Å². The first kappa shape index (κ1) is 24.6. The van der Waals surface area contributed by atoms with Gasteiger partial charge >= 0.3 is 0 Å². The van der Waals surface area contributed by atoms with Gasteiger partial charge in [0.1, 0.15) is 0 Å². The molecule has 0 saturated carbocycles. The van der Waals surface area contributed by atoms with E-state index in [4.69, 9.17) is 22.1 Å². The number of sulfonamides is 1. The predicted octanol–water partition coefficient (Wildman–Crippen LogP) is 0.862. The molecule has 1 heterocycles. The van der Waals surface area contributed by atoms with Gasteiger partial charge in [0.15, 0.2) is 5.11 Å². The quantitative estimate of drug-likeness (QED) is 0.193. The van der Waals surface area contributed by atoms with Crippen LogP contribution in [0.5, 0.6) is 0 Å². The Bertz CT molecular complexity index is 1010. The summed E-state index contributed by atoms with van der Waals surface area (Å²) in [4.78, 5) is 13.3. The highest BCUT2D eigenvalue weighted by atomic mass is 32.2. The number of anilines is 1. The Morgan fingerprint density at radius 3 is 2.42 bits per heavy atom. The number of nitrogens with zero attached hydrogens (tertiary/aromatic N) is 3. The molecule has 2 rings (SSSR count). The van der Waals surface area contributed by atoms with Crippen LogP contribution in [0, 0.1) is 13.8 Å². The first-order valence-electron chi connectivity index (χ1n) is 9.46. The highest BCUT2D eigenvalue weighted by Gasteiger charge is 2.08. The number of guanidine groups is 1. The normalized spacial score (nSPS) is 11.8. The largest absolute Gasteiger partial charge is 0.383 e. The number of aryl methyl sites for hydroxylation is 2. The number of thiocarbonyl (C=S) groups is 1. The molecular weight excluding hydrogens is 438 g/mol. The number of methoxy groups -OCH3 is 1. The SMILES string of the molecule is COCCNC(=S)NC(=NCCc1ccc(S(N)(=O)=O)cc1)Nc1nc(C)cc(C)n1. The van der Waals surface area contributed by atoms with Crippen molar-refractivity contribution in [1.29, 1.82) is 0 Å². The minimum atomic E-state index is -3.71. The average molecular weight is 466 g/mol. The molecule has 0 amide bonds. The summed E-state index contributed by atoms with van der Waals surface area (Å²) in [5, 5.41) is 14.6. The van der Waals surface area contributed by atoms with Crippen molar-refractivity contribution >= 4 is 39.3 Å². The number of aliphatic imine (C=N–C) groups is 1. The van der Waals surface area contributed by atoms with Crippen molar-refractivity contribution in [2.75, 3.05) is 32.1 Å². The van der Waals surface area contributed by atoms with Crippen molar-refractivity contribution in [3.05, 3.63) is 47.3 Å². The summed E-state index contributed by atoms with van der Waals surface area (Å²) in [5.74, 6) is 0.794. The molecule has 0 spiro atoms. The molecule has 5 N–H and O–H groups in total. The van der Waals surface area contributed by atoms with Gasteiger partial charge in [-0.1, -0.05) is 12.1 Å². The van der Waals surface area contributed by atoms with E-state index in [1.54, 1.807) is 19.2 Å². The number of rotatable bonds is 8. The average Bonchev–Trinajstić information content (AvgIpc) is 2.67. The fourth-order valence-electron chi connectivity index (χ4n) is 2.56. The van der Waals surface area contributed by atoms with Crippen LogP contribution in [0.1, 0.15) is 17.0 Å². The molecule has 168 valence electrons.